The third-order valence-electron chi connectivity index (χ3n) is 10.5. The van der Waals surface area contributed by atoms with Crippen LogP contribution in [-0.2, 0) is 18.6 Å². The molecule has 3 heterocycles. The Bertz CT molecular complexity index is 1900. The number of amides is 2. The van der Waals surface area contributed by atoms with Crippen molar-refractivity contribution in [3.8, 4) is 0 Å². The third-order valence-corrected chi connectivity index (χ3v) is 15.6. The molecule has 0 radical (unpaired) electrons. The van der Waals surface area contributed by atoms with Gasteiger partial charge in [-0.3, -0.25) is 4.90 Å². The van der Waals surface area contributed by atoms with Gasteiger partial charge in [0.2, 0.25) is 5.95 Å². The number of aromatic nitrogens is 2. The van der Waals surface area contributed by atoms with E-state index in [2.05, 4.69) is 110 Å². The molecule has 2 aliphatic heterocycles. The highest BCUT2D eigenvalue weighted by Crippen LogP contribution is 2.40. The van der Waals surface area contributed by atoms with Crippen molar-refractivity contribution < 1.29 is 28.2 Å². The first-order chi connectivity index (χ1) is 25.9. The molecular formula is C44H58N4O6Si. The van der Waals surface area contributed by atoms with Crippen LogP contribution in [0, 0.1) is 6.92 Å². The standard InChI is InChI=1S/C44H58N4O6Si/c1-30-25-32-27-45-39(48(40(49)52-42(2,3)4)41(50)53-43(5,6)7)46-36(32)26-35(30)31-21-23-47(24-22-31)37-28-51-29-38(37)54-55(44(8,9)10,33-17-13-11-14-18-33)34-19-15-12-16-20-34/h11-20,25-27,31,37-38H,21-24,28-29H2,1-10H3. The monoisotopic (exact) mass is 766 g/mol. The number of likely N-dealkylation sites (tertiary alicyclic amines) is 1. The lowest BCUT2D eigenvalue weighted by molar-refractivity contribution is 0.0427. The van der Waals surface area contributed by atoms with Crippen LogP contribution in [0.15, 0.2) is 79.0 Å². The van der Waals surface area contributed by atoms with E-state index in [1.165, 1.54) is 15.9 Å². The molecule has 11 heteroatoms. The molecule has 1 aromatic heterocycles. The molecule has 2 atom stereocenters. The number of piperidine rings is 1. The highest BCUT2D eigenvalue weighted by atomic mass is 28.4. The minimum atomic E-state index is -2.75. The van der Waals surface area contributed by atoms with E-state index in [0.717, 1.165) is 41.8 Å². The number of carbonyl (C=O) groups excluding carboxylic acids is 2. The summed E-state index contributed by atoms with van der Waals surface area (Å²) < 4.78 is 25.0. The van der Waals surface area contributed by atoms with Crippen LogP contribution in [0.1, 0.15) is 92.2 Å². The van der Waals surface area contributed by atoms with E-state index in [1.807, 2.05) is 0 Å². The van der Waals surface area contributed by atoms with Crippen LogP contribution in [0.2, 0.25) is 5.04 Å². The fourth-order valence-corrected chi connectivity index (χ4v) is 12.7. The fraction of sp³-hybridized carbons (Fsp3) is 0.500. The summed E-state index contributed by atoms with van der Waals surface area (Å²) in [6.45, 7) is 22.6. The van der Waals surface area contributed by atoms with Gasteiger partial charge in [0.05, 0.1) is 30.9 Å². The lowest BCUT2D eigenvalue weighted by atomic mass is 9.85. The number of nitrogens with zero attached hydrogens (tertiary/aromatic N) is 4. The van der Waals surface area contributed by atoms with Gasteiger partial charge < -0.3 is 18.6 Å². The number of ether oxygens (including phenoxy) is 3. The zero-order chi connectivity index (χ0) is 39.8. The topological polar surface area (TPSA) is 103 Å². The van der Waals surface area contributed by atoms with Gasteiger partial charge in [-0.2, -0.15) is 0 Å². The van der Waals surface area contributed by atoms with Gasteiger partial charge in [0.25, 0.3) is 8.32 Å². The predicted molar refractivity (Wildman–Crippen MR) is 220 cm³/mol. The summed E-state index contributed by atoms with van der Waals surface area (Å²) >= 11 is 0. The number of fused-ring (bicyclic) bond motifs is 1. The molecule has 2 fully saturated rings. The number of aryl methyl sites for hydroxylation is 1. The number of imide groups is 1. The summed E-state index contributed by atoms with van der Waals surface area (Å²) in [6, 6.07) is 26.0. The molecule has 0 aliphatic carbocycles. The SMILES string of the molecule is Cc1cc2cnc(N(C(=O)OC(C)(C)C)C(=O)OC(C)(C)C)nc2cc1C1CCN(C2COCC2O[Si](c2ccccc2)(c2ccccc2)C(C)(C)C)CC1. The van der Waals surface area contributed by atoms with Crippen LogP contribution in [0.5, 0.6) is 0 Å². The minimum absolute atomic E-state index is 0.0572. The fourth-order valence-electron chi connectivity index (χ4n) is 8.04. The zero-order valence-corrected chi connectivity index (χ0v) is 35.2. The van der Waals surface area contributed by atoms with E-state index < -0.39 is 31.7 Å². The average Bonchev–Trinajstić information content (AvgIpc) is 3.57. The van der Waals surface area contributed by atoms with Crippen molar-refractivity contribution in [2.24, 2.45) is 0 Å². The van der Waals surface area contributed by atoms with Crippen molar-refractivity contribution in [1.82, 2.24) is 14.9 Å². The number of hydrogen-bond donors (Lipinski definition) is 0. The number of benzene rings is 3. The molecule has 0 N–H and O–H groups in total. The maximum Gasteiger partial charge on any atom is 0.427 e. The van der Waals surface area contributed by atoms with Crippen molar-refractivity contribution in [3.63, 3.8) is 0 Å². The van der Waals surface area contributed by atoms with Crippen molar-refractivity contribution in [2.75, 3.05) is 31.2 Å². The molecule has 0 bridgehead atoms. The van der Waals surface area contributed by atoms with Crippen molar-refractivity contribution in [1.29, 1.82) is 0 Å². The van der Waals surface area contributed by atoms with Crippen molar-refractivity contribution >= 4 is 47.7 Å². The zero-order valence-electron chi connectivity index (χ0n) is 34.2. The van der Waals surface area contributed by atoms with E-state index in [1.54, 1.807) is 47.7 Å². The van der Waals surface area contributed by atoms with Gasteiger partial charge in [0.1, 0.15) is 11.2 Å². The largest absolute Gasteiger partial charge is 0.443 e. The molecule has 4 aromatic rings. The first-order valence-electron chi connectivity index (χ1n) is 19.5. The summed E-state index contributed by atoms with van der Waals surface area (Å²) in [5.41, 5.74) is 1.33. The molecule has 294 valence electrons. The number of anilines is 1. The highest BCUT2D eigenvalue weighted by molar-refractivity contribution is 6.99. The molecule has 55 heavy (non-hydrogen) atoms. The summed E-state index contributed by atoms with van der Waals surface area (Å²) in [6.07, 6.45) is 1.73. The van der Waals surface area contributed by atoms with E-state index in [4.69, 9.17) is 23.6 Å². The number of rotatable bonds is 7. The second kappa shape index (κ2) is 15.8. The Kier molecular flexibility index (Phi) is 11.6. The summed E-state index contributed by atoms with van der Waals surface area (Å²) in [7, 11) is -2.75. The van der Waals surface area contributed by atoms with E-state index in [9.17, 15) is 9.59 Å². The van der Waals surface area contributed by atoms with Crippen LogP contribution < -0.4 is 15.3 Å². The molecule has 0 saturated carbocycles. The van der Waals surface area contributed by atoms with Gasteiger partial charge in [-0.1, -0.05) is 81.4 Å². The maximum atomic E-state index is 13.3. The molecule has 2 unspecified atom stereocenters. The van der Waals surface area contributed by atoms with E-state index in [0.29, 0.717) is 24.6 Å². The lowest BCUT2D eigenvalue weighted by Crippen LogP contribution is -2.69. The second-order valence-corrected chi connectivity index (χ2v) is 22.2. The molecule has 10 nitrogen and oxygen atoms in total. The van der Waals surface area contributed by atoms with Gasteiger partial charge in [-0.15, -0.1) is 4.90 Å². The van der Waals surface area contributed by atoms with Gasteiger partial charge in [-0.25, -0.2) is 19.6 Å². The normalized spacial score (nSPS) is 19.0. The third kappa shape index (κ3) is 8.96. The molecule has 2 amide bonds. The molecule has 2 saturated heterocycles. The molecule has 3 aromatic carbocycles. The Morgan fingerprint density at radius 1 is 0.800 bits per heavy atom. The van der Waals surface area contributed by atoms with Crippen LogP contribution >= 0.6 is 0 Å². The summed E-state index contributed by atoms with van der Waals surface area (Å²) in [4.78, 5) is 39.2. The smallest absolute Gasteiger partial charge is 0.427 e. The molecular weight excluding hydrogens is 709 g/mol. The number of carbonyl (C=O) groups is 2. The van der Waals surface area contributed by atoms with E-state index in [-0.39, 0.29) is 23.1 Å². The van der Waals surface area contributed by atoms with Crippen LogP contribution in [0.25, 0.3) is 10.9 Å². The van der Waals surface area contributed by atoms with Gasteiger partial charge in [0.15, 0.2) is 0 Å². The Morgan fingerprint density at radius 2 is 1.35 bits per heavy atom. The highest BCUT2D eigenvalue weighted by Gasteiger charge is 2.53. The van der Waals surface area contributed by atoms with Gasteiger partial charge >= 0.3 is 12.2 Å². The Balaban J connectivity index is 1.23. The van der Waals surface area contributed by atoms with Gasteiger partial charge in [-0.05, 0) is 119 Å². The molecule has 6 rings (SSSR count). The first-order valence-corrected chi connectivity index (χ1v) is 21.4. The van der Waals surface area contributed by atoms with Crippen LogP contribution in [-0.4, -0.2) is 85.0 Å². The number of hydrogen-bond acceptors (Lipinski definition) is 9. The quantitative estimate of drug-likeness (QED) is 0.173. The predicted octanol–water partition coefficient (Wildman–Crippen LogP) is 8.14. The average molecular weight is 767 g/mol. The van der Waals surface area contributed by atoms with Crippen molar-refractivity contribution in [3.05, 3.63) is 90.1 Å². The van der Waals surface area contributed by atoms with Crippen LogP contribution in [0.3, 0.4) is 0 Å². The van der Waals surface area contributed by atoms with Crippen LogP contribution in [0.4, 0.5) is 15.5 Å². The Labute approximate surface area is 327 Å². The summed E-state index contributed by atoms with van der Waals surface area (Å²) in [5.74, 6) is 0.221. The first kappa shape index (κ1) is 40.5. The second-order valence-electron chi connectivity index (χ2n) is 18.0. The van der Waals surface area contributed by atoms with Gasteiger partial charge in [0, 0.05) is 11.6 Å². The minimum Gasteiger partial charge on any atom is -0.443 e. The maximum absolute atomic E-state index is 13.3. The molecule has 0 spiro atoms. The summed E-state index contributed by atoms with van der Waals surface area (Å²) in [5, 5.41) is 3.25. The van der Waals surface area contributed by atoms with E-state index >= 15 is 0 Å². The lowest BCUT2D eigenvalue weighted by Gasteiger charge is -2.46. The Hall–Kier alpha value is -4.16. The van der Waals surface area contributed by atoms with Crippen molar-refractivity contribution in [2.45, 2.75) is 116 Å². The Morgan fingerprint density at radius 3 is 1.85 bits per heavy atom. The molecule has 2 aliphatic rings.